The molecule has 0 saturated heterocycles. The van der Waals surface area contributed by atoms with Crippen LogP contribution in [0.25, 0.3) is 0 Å². The highest BCUT2D eigenvalue weighted by atomic mass is 16.5. The number of benzene rings is 3. The van der Waals surface area contributed by atoms with Gasteiger partial charge in [-0.05, 0) is 16.7 Å². The number of nitrogens with one attached hydrogen (secondary N) is 3. The molecule has 37 heavy (non-hydrogen) atoms. The molecule has 0 heterocycles. The van der Waals surface area contributed by atoms with Crippen LogP contribution in [0.2, 0.25) is 0 Å². The van der Waals surface area contributed by atoms with E-state index in [9.17, 15) is 24.3 Å². The molecule has 9 nitrogen and oxygen atoms in total. The van der Waals surface area contributed by atoms with Gasteiger partial charge < -0.3 is 25.8 Å². The van der Waals surface area contributed by atoms with Crippen molar-refractivity contribution in [2.24, 2.45) is 0 Å². The minimum absolute atomic E-state index is 0.0469. The molecule has 0 radical (unpaired) electrons. The van der Waals surface area contributed by atoms with Gasteiger partial charge in [-0.2, -0.15) is 0 Å². The third-order valence-electron chi connectivity index (χ3n) is 5.44. The molecule has 0 aliphatic heterocycles. The summed E-state index contributed by atoms with van der Waals surface area (Å²) >= 11 is 0. The number of hydrogen-bond acceptors (Lipinski definition) is 5. The van der Waals surface area contributed by atoms with Crippen molar-refractivity contribution in [1.29, 1.82) is 0 Å². The van der Waals surface area contributed by atoms with Gasteiger partial charge in [-0.15, -0.1) is 0 Å². The van der Waals surface area contributed by atoms with Gasteiger partial charge in [0.1, 0.15) is 25.2 Å². The Morgan fingerprint density at radius 1 is 0.676 bits per heavy atom. The van der Waals surface area contributed by atoms with Crippen LogP contribution in [0, 0.1) is 0 Å². The first kappa shape index (κ1) is 26.9. The second kappa shape index (κ2) is 14.0. The van der Waals surface area contributed by atoms with Crippen molar-refractivity contribution in [2.45, 2.75) is 31.5 Å². The Balaban J connectivity index is 1.59. The summed E-state index contributed by atoms with van der Waals surface area (Å²) in [7, 11) is 0. The maximum absolute atomic E-state index is 13.1. The Kier molecular flexibility index (Phi) is 10.2. The van der Waals surface area contributed by atoms with Gasteiger partial charge in [0.05, 0.1) is 0 Å². The first-order valence-electron chi connectivity index (χ1n) is 11.8. The summed E-state index contributed by atoms with van der Waals surface area (Å²) in [6.07, 6.45) is -0.561. The van der Waals surface area contributed by atoms with Crippen LogP contribution >= 0.6 is 0 Å². The van der Waals surface area contributed by atoms with E-state index < -0.39 is 42.5 Å². The fourth-order valence-corrected chi connectivity index (χ4v) is 3.55. The van der Waals surface area contributed by atoms with Gasteiger partial charge in [-0.1, -0.05) is 91.0 Å². The summed E-state index contributed by atoms with van der Waals surface area (Å²) < 4.78 is 5.09. The number of amides is 3. The molecule has 3 aromatic carbocycles. The number of rotatable bonds is 12. The Morgan fingerprint density at radius 3 is 1.68 bits per heavy atom. The summed E-state index contributed by atoms with van der Waals surface area (Å²) in [5.41, 5.74) is 2.32. The van der Waals surface area contributed by atoms with Gasteiger partial charge in [0.2, 0.25) is 11.8 Å². The second-order valence-corrected chi connectivity index (χ2v) is 8.31. The van der Waals surface area contributed by atoms with Gasteiger partial charge in [-0.25, -0.2) is 9.59 Å². The standard InChI is InChI=1S/C28H29N3O6/c32-25(18-29-28(36)37-19-22-14-8-3-9-15-22)30-23(16-20-10-4-1-5-11-20)26(33)31-24(27(34)35)17-21-12-6-2-7-13-21/h1-15,23-24H,16-19H2,(H,29,36)(H,30,32)(H,31,33)(H,34,35). The van der Waals surface area contributed by atoms with Crippen LogP contribution in [-0.4, -0.2) is 47.6 Å². The molecular weight excluding hydrogens is 474 g/mol. The van der Waals surface area contributed by atoms with Gasteiger partial charge in [-0.3, -0.25) is 9.59 Å². The van der Waals surface area contributed by atoms with Crippen LogP contribution in [0.4, 0.5) is 4.79 Å². The predicted octanol–water partition coefficient (Wildman–Crippen LogP) is 2.45. The van der Waals surface area contributed by atoms with Crippen molar-refractivity contribution in [3.8, 4) is 0 Å². The third kappa shape index (κ3) is 9.48. The van der Waals surface area contributed by atoms with Crippen molar-refractivity contribution >= 4 is 23.9 Å². The Morgan fingerprint density at radius 2 is 1.16 bits per heavy atom. The first-order valence-corrected chi connectivity index (χ1v) is 11.8. The quantitative estimate of drug-likeness (QED) is 0.300. The van der Waals surface area contributed by atoms with E-state index in [1.54, 1.807) is 60.7 Å². The Bertz CT molecular complexity index is 1170. The van der Waals surface area contributed by atoms with E-state index in [1.807, 2.05) is 30.3 Å². The molecule has 0 spiro atoms. The highest BCUT2D eigenvalue weighted by Crippen LogP contribution is 2.07. The zero-order chi connectivity index (χ0) is 26.5. The van der Waals surface area contributed by atoms with Crippen molar-refractivity contribution in [3.63, 3.8) is 0 Å². The highest BCUT2D eigenvalue weighted by molar-refractivity contribution is 5.91. The van der Waals surface area contributed by atoms with Crippen LogP contribution in [0.1, 0.15) is 16.7 Å². The molecule has 3 amide bonds. The maximum atomic E-state index is 13.1. The van der Waals surface area contributed by atoms with Gasteiger partial charge >= 0.3 is 12.1 Å². The smallest absolute Gasteiger partial charge is 0.407 e. The van der Waals surface area contributed by atoms with E-state index in [1.165, 1.54) is 0 Å². The molecule has 4 N–H and O–H groups in total. The van der Waals surface area contributed by atoms with Crippen LogP contribution < -0.4 is 16.0 Å². The molecule has 0 aliphatic rings. The molecule has 3 aromatic rings. The average molecular weight is 504 g/mol. The third-order valence-corrected chi connectivity index (χ3v) is 5.44. The van der Waals surface area contributed by atoms with Crippen molar-refractivity contribution in [2.75, 3.05) is 6.54 Å². The average Bonchev–Trinajstić information content (AvgIpc) is 2.91. The molecule has 192 valence electrons. The molecule has 0 fully saturated rings. The lowest BCUT2D eigenvalue weighted by molar-refractivity contribution is -0.142. The molecule has 2 unspecified atom stereocenters. The number of carboxylic acids is 1. The molecular formula is C28H29N3O6. The Hall–Kier alpha value is -4.66. The fraction of sp³-hybridized carbons (Fsp3) is 0.214. The summed E-state index contributed by atoms with van der Waals surface area (Å²) in [4.78, 5) is 49.4. The van der Waals surface area contributed by atoms with Crippen molar-refractivity contribution < 1.29 is 29.0 Å². The van der Waals surface area contributed by atoms with Crippen molar-refractivity contribution in [1.82, 2.24) is 16.0 Å². The largest absolute Gasteiger partial charge is 0.480 e. The number of carbonyl (C=O) groups excluding carboxylic acids is 3. The molecule has 0 saturated carbocycles. The van der Waals surface area contributed by atoms with E-state index in [2.05, 4.69) is 16.0 Å². The summed E-state index contributed by atoms with van der Waals surface area (Å²) in [5.74, 6) is -2.46. The number of carboxylic acid groups (broad SMARTS) is 1. The van der Waals surface area contributed by atoms with E-state index in [-0.39, 0.29) is 19.4 Å². The number of ether oxygens (including phenoxy) is 1. The van der Waals surface area contributed by atoms with E-state index in [4.69, 9.17) is 4.74 Å². The molecule has 0 aliphatic carbocycles. The molecule has 0 aromatic heterocycles. The summed E-state index contributed by atoms with van der Waals surface area (Å²) in [6, 6.07) is 24.8. The summed E-state index contributed by atoms with van der Waals surface area (Å²) in [5, 5.41) is 17.1. The number of carbonyl (C=O) groups is 4. The van der Waals surface area contributed by atoms with Crippen LogP contribution in [0.5, 0.6) is 0 Å². The zero-order valence-electron chi connectivity index (χ0n) is 20.1. The maximum Gasteiger partial charge on any atom is 0.407 e. The van der Waals surface area contributed by atoms with Gasteiger partial charge in [0, 0.05) is 12.8 Å². The first-order chi connectivity index (χ1) is 17.9. The number of aliphatic carboxylic acids is 1. The SMILES string of the molecule is O=C(CNC(=O)OCc1ccccc1)NC(Cc1ccccc1)C(=O)NC(Cc1ccccc1)C(=O)O. The van der Waals surface area contributed by atoms with Crippen LogP contribution in [0.15, 0.2) is 91.0 Å². The van der Waals surface area contributed by atoms with Crippen LogP contribution in [-0.2, 0) is 38.6 Å². The van der Waals surface area contributed by atoms with Gasteiger partial charge in [0.15, 0.2) is 0 Å². The normalized spacial score (nSPS) is 12.0. The minimum atomic E-state index is -1.19. The van der Waals surface area contributed by atoms with E-state index in [0.29, 0.717) is 0 Å². The lowest BCUT2D eigenvalue weighted by Gasteiger charge is -2.22. The summed E-state index contributed by atoms with van der Waals surface area (Å²) in [6.45, 7) is -0.371. The van der Waals surface area contributed by atoms with Gasteiger partial charge in [0.25, 0.3) is 0 Å². The van der Waals surface area contributed by atoms with E-state index >= 15 is 0 Å². The molecule has 2 atom stereocenters. The lowest BCUT2D eigenvalue weighted by atomic mass is 10.0. The topological polar surface area (TPSA) is 134 Å². The molecule has 3 rings (SSSR count). The predicted molar refractivity (Wildman–Crippen MR) is 136 cm³/mol. The monoisotopic (exact) mass is 503 g/mol. The highest BCUT2D eigenvalue weighted by Gasteiger charge is 2.27. The number of alkyl carbamates (subject to hydrolysis) is 1. The zero-order valence-corrected chi connectivity index (χ0v) is 20.1. The lowest BCUT2D eigenvalue weighted by Crippen LogP contribution is -2.54. The Labute approximate surface area is 214 Å². The fourth-order valence-electron chi connectivity index (χ4n) is 3.55. The molecule has 9 heteroatoms. The second-order valence-electron chi connectivity index (χ2n) is 8.31. The van der Waals surface area contributed by atoms with Crippen LogP contribution in [0.3, 0.4) is 0 Å². The minimum Gasteiger partial charge on any atom is -0.480 e. The number of hydrogen-bond donors (Lipinski definition) is 4. The van der Waals surface area contributed by atoms with Crippen molar-refractivity contribution in [3.05, 3.63) is 108 Å². The molecule has 0 bridgehead atoms. The van der Waals surface area contributed by atoms with E-state index in [0.717, 1.165) is 16.7 Å².